The smallest absolute Gasteiger partial charge is 0.306 e. The molecule has 0 heterocycles. The van der Waals surface area contributed by atoms with E-state index in [1.807, 2.05) is 30.3 Å². The Morgan fingerprint density at radius 3 is 2.30 bits per heavy atom. The second kappa shape index (κ2) is 8.58. The van der Waals surface area contributed by atoms with Gasteiger partial charge in [-0.1, -0.05) is 30.3 Å². The van der Waals surface area contributed by atoms with Crippen LogP contribution in [0, 0.1) is 0 Å². The third-order valence-electron chi connectivity index (χ3n) is 3.17. The van der Waals surface area contributed by atoms with Crippen LogP contribution in [0.3, 0.4) is 0 Å². The molecule has 0 aromatic heterocycles. The van der Waals surface area contributed by atoms with Crippen molar-refractivity contribution in [2.24, 2.45) is 0 Å². The van der Waals surface area contributed by atoms with E-state index in [0.29, 0.717) is 12.3 Å². The van der Waals surface area contributed by atoms with Gasteiger partial charge in [0.05, 0.1) is 13.5 Å². The molecule has 0 saturated heterocycles. The van der Waals surface area contributed by atoms with Crippen molar-refractivity contribution in [3.05, 3.63) is 60.2 Å². The van der Waals surface area contributed by atoms with Gasteiger partial charge in [-0.15, -0.1) is 0 Å². The van der Waals surface area contributed by atoms with Crippen LogP contribution in [0.2, 0.25) is 0 Å². The fourth-order valence-electron chi connectivity index (χ4n) is 1.92. The molecular weight excluding hydrogens is 294 g/mol. The average molecular weight is 313 g/mol. The molecule has 0 aliphatic rings. The molecule has 0 fully saturated rings. The van der Waals surface area contributed by atoms with Crippen molar-refractivity contribution in [3.63, 3.8) is 0 Å². The van der Waals surface area contributed by atoms with Gasteiger partial charge in [0, 0.05) is 12.1 Å². The van der Waals surface area contributed by atoms with E-state index in [9.17, 15) is 9.59 Å². The highest BCUT2D eigenvalue weighted by atomic mass is 16.5. The second-order valence-electron chi connectivity index (χ2n) is 4.92. The van der Waals surface area contributed by atoms with Gasteiger partial charge in [0.1, 0.15) is 12.4 Å². The summed E-state index contributed by atoms with van der Waals surface area (Å²) in [6, 6.07) is 17.0. The summed E-state index contributed by atoms with van der Waals surface area (Å²) in [4.78, 5) is 22.7. The van der Waals surface area contributed by atoms with E-state index in [-0.39, 0.29) is 18.7 Å². The molecule has 1 N–H and O–H groups in total. The lowest BCUT2D eigenvalue weighted by molar-refractivity contribution is -0.141. The Morgan fingerprint density at radius 1 is 0.957 bits per heavy atom. The number of ether oxygens (including phenoxy) is 2. The van der Waals surface area contributed by atoms with E-state index >= 15 is 0 Å². The summed E-state index contributed by atoms with van der Waals surface area (Å²) in [6.45, 7) is 0.492. The van der Waals surface area contributed by atoms with Crippen LogP contribution in [-0.4, -0.2) is 19.0 Å². The summed E-state index contributed by atoms with van der Waals surface area (Å²) >= 11 is 0. The number of carbonyl (C=O) groups is 2. The normalized spacial score (nSPS) is 9.96. The lowest BCUT2D eigenvalue weighted by Gasteiger charge is -2.08. The average Bonchev–Trinajstić information content (AvgIpc) is 2.60. The summed E-state index contributed by atoms with van der Waals surface area (Å²) in [5.41, 5.74) is 1.75. The molecule has 0 unspecified atom stereocenters. The number of hydrogen-bond acceptors (Lipinski definition) is 4. The highest BCUT2D eigenvalue weighted by Gasteiger charge is 2.07. The quantitative estimate of drug-likeness (QED) is 0.798. The Morgan fingerprint density at radius 2 is 1.65 bits per heavy atom. The van der Waals surface area contributed by atoms with Crippen molar-refractivity contribution < 1.29 is 19.1 Å². The van der Waals surface area contributed by atoms with Crippen LogP contribution in [0.15, 0.2) is 54.6 Å². The minimum atomic E-state index is -0.398. The van der Waals surface area contributed by atoms with E-state index in [1.165, 1.54) is 7.11 Å². The number of esters is 1. The number of hydrogen-bond donors (Lipinski definition) is 1. The highest BCUT2D eigenvalue weighted by molar-refractivity contribution is 5.92. The van der Waals surface area contributed by atoms with Gasteiger partial charge in [-0.25, -0.2) is 0 Å². The van der Waals surface area contributed by atoms with Crippen LogP contribution in [0.4, 0.5) is 5.69 Å². The second-order valence-corrected chi connectivity index (χ2v) is 4.92. The number of carbonyl (C=O) groups excluding carboxylic acids is 2. The molecule has 0 bridgehead atoms. The van der Waals surface area contributed by atoms with Gasteiger partial charge in [-0.05, 0) is 29.8 Å². The summed E-state index contributed by atoms with van der Waals surface area (Å²) in [6.07, 6.45) is 0.166. The van der Waals surface area contributed by atoms with Crippen molar-refractivity contribution in [2.75, 3.05) is 12.4 Å². The van der Waals surface area contributed by atoms with Crippen molar-refractivity contribution >= 4 is 17.6 Å². The molecule has 120 valence electrons. The molecule has 2 aromatic carbocycles. The van der Waals surface area contributed by atoms with Gasteiger partial charge in [-0.2, -0.15) is 0 Å². The summed E-state index contributed by atoms with van der Waals surface area (Å²) in [7, 11) is 1.30. The zero-order chi connectivity index (χ0) is 16.5. The zero-order valence-corrected chi connectivity index (χ0v) is 13.0. The van der Waals surface area contributed by atoms with Gasteiger partial charge >= 0.3 is 5.97 Å². The molecule has 2 aromatic rings. The van der Waals surface area contributed by atoms with Crippen molar-refractivity contribution in [1.82, 2.24) is 0 Å². The first-order chi connectivity index (χ1) is 11.2. The maximum absolute atomic E-state index is 11.7. The fraction of sp³-hybridized carbons (Fsp3) is 0.222. The lowest BCUT2D eigenvalue weighted by Crippen LogP contribution is -2.13. The van der Waals surface area contributed by atoms with Crippen molar-refractivity contribution in [3.8, 4) is 5.75 Å². The minimum Gasteiger partial charge on any atom is -0.489 e. The van der Waals surface area contributed by atoms with Crippen LogP contribution in [-0.2, 0) is 20.9 Å². The number of rotatable bonds is 7. The Hall–Kier alpha value is -2.82. The Bertz CT molecular complexity index is 638. The van der Waals surface area contributed by atoms with Crippen LogP contribution < -0.4 is 10.1 Å². The maximum Gasteiger partial charge on any atom is 0.306 e. The van der Waals surface area contributed by atoms with Crippen LogP contribution in [0.5, 0.6) is 5.75 Å². The van der Waals surface area contributed by atoms with E-state index in [2.05, 4.69) is 10.1 Å². The van der Waals surface area contributed by atoms with E-state index < -0.39 is 5.97 Å². The van der Waals surface area contributed by atoms with E-state index in [0.717, 1.165) is 11.3 Å². The first kappa shape index (κ1) is 16.5. The molecule has 0 saturated carbocycles. The molecule has 5 heteroatoms. The van der Waals surface area contributed by atoms with Crippen molar-refractivity contribution in [1.29, 1.82) is 0 Å². The topological polar surface area (TPSA) is 64.6 Å². The van der Waals surface area contributed by atoms with Crippen LogP contribution in [0.25, 0.3) is 0 Å². The Labute approximate surface area is 135 Å². The molecule has 2 rings (SSSR count). The van der Waals surface area contributed by atoms with E-state index in [1.54, 1.807) is 24.3 Å². The number of amides is 1. The molecule has 0 radical (unpaired) electrons. The largest absolute Gasteiger partial charge is 0.489 e. The predicted octanol–water partition coefficient (Wildman–Crippen LogP) is 3.16. The summed E-state index contributed by atoms with van der Waals surface area (Å²) in [5, 5.41) is 2.72. The standard InChI is InChI=1S/C18H19NO4/c1-22-18(21)12-11-17(20)19-15-7-9-16(10-8-15)23-13-14-5-3-2-4-6-14/h2-10H,11-13H2,1H3,(H,19,20). The van der Waals surface area contributed by atoms with Gasteiger partial charge < -0.3 is 14.8 Å². The van der Waals surface area contributed by atoms with Gasteiger partial charge in [0.15, 0.2) is 0 Å². The molecule has 0 aliphatic heterocycles. The Balaban J connectivity index is 1.80. The zero-order valence-electron chi connectivity index (χ0n) is 13.0. The van der Waals surface area contributed by atoms with Crippen molar-refractivity contribution in [2.45, 2.75) is 19.4 Å². The number of anilines is 1. The minimum absolute atomic E-state index is 0.0700. The molecule has 0 atom stereocenters. The molecule has 0 aliphatic carbocycles. The fourth-order valence-corrected chi connectivity index (χ4v) is 1.92. The third-order valence-corrected chi connectivity index (χ3v) is 3.17. The molecule has 1 amide bonds. The summed E-state index contributed by atoms with van der Waals surface area (Å²) < 4.78 is 10.2. The molecule has 23 heavy (non-hydrogen) atoms. The monoisotopic (exact) mass is 313 g/mol. The molecular formula is C18H19NO4. The first-order valence-electron chi connectivity index (χ1n) is 7.31. The van der Waals surface area contributed by atoms with Crippen LogP contribution >= 0.6 is 0 Å². The van der Waals surface area contributed by atoms with Gasteiger partial charge in [0.2, 0.25) is 5.91 Å². The maximum atomic E-state index is 11.7. The number of methoxy groups -OCH3 is 1. The third kappa shape index (κ3) is 5.82. The van der Waals surface area contributed by atoms with Crippen LogP contribution in [0.1, 0.15) is 18.4 Å². The SMILES string of the molecule is COC(=O)CCC(=O)Nc1ccc(OCc2ccccc2)cc1. The van der Waals surface area contributed by atoms with Gasteiger partial charge in [-0.3, -0.25) is 9.59 Å². The lowest BCUT2D eigenvalue weighted by atomic mass is 10.2. The molecule has 5 nitrogen and oxygen atoms in total. The first-order valence-corrected chi connectivity index (χ1v) is 7.31. The van der Waals surface area contributed by atoms with E-state index in [4.69, 9.17) is 4.74 Å². The molecule has 0 spiro atoms. The highest BCUT2D eigenvalue weighted by Crippen LogP contribution is 2.17. The van der Waals surface area contributed by atoms with Gasteiger partial charge in [0.25, 0.3) is 0 Å². The Kier molecular flexibility index (Phi) is 6.17. The number of benzene rings is 2. The number of nitrogens with one attached hydrogen (secondary N) is 1. The predicted molar refractivity (Wildman–Crippen MR) is 87.1 cm³/mol. The summed E-state index contributed by atoms with van der Waals surface area (Å²) in [5.74, 6) is 0.0968.